The molecule has 0 radical (unpaired) electrons. The van der Waals surface area contributed by atoms with Crippen molar-refractivity contribution in [1.29, 1.82) is 0 Å². The zero-order chi connectivity index (χ0) is 12.7. The molecule has 1 saturated heterocycles. The van der Waals surface area contributed by atoms with Crippen LogP contribution in [-0.4, -0.2) is 32.2 Å². The van der Waals surface area contributed by atoms with E-state index in [1.807, 2.05) is 0 Å². The number of nitrogens with zero attached hydrogens (tertiary/aromatic N) is 4. The minimum absolute atomic E-state index is 0.274. The van der Waals surface area contributed by atoms with E-state index < -0.39 is 0 Å². The molecule has 3 rings (SSSR count). The molecule has 0 aliphatic carbocycles. The van der Waals surface area contributed by atoms with Crippen LogP contribution in [0.1, 0.15) is 33.1 Å². The van der Waals surface area contributed by atoms with Crippen molar-refractivity contribution >= 4 is 28.5 Å². The van der Waals surface area contributed by atoms with Crippen LogP contribution in [0.5, 0.6) is 0 Å². The first-order valence-electron chi connectivity index (χ1n) is 6.35. The summed E-state index contributed by atoms with van der Waals surface area (Å²) in [6, 6.07) is 1.02. The molecule has 2 aromatic heterocycles. The molecular formula is C12H16ClN5. The molecule has 1 N–H and O–H groups in total. The largest absolute Gasteiger partial charge is 0.350 e. The van der Waals surface area contributed by atoms with Crippen molar-refractivity contribution in [3.63, 3.8) is 0 Å². The van der Waals surface area contributed by atoms with E-state index in [0.29, 0.717) is 17.7 Å². The van der Waals surface area contributed by atoms with Crippen molar-refractivity contribution in [2.75, 3.05) is 4.90 Å². The summed E-state index contributed by atoms with van der Waals surface area (Å²) in [5, 5.41) is 8.12. The van der Waals surface area contributed by atoms with Crippen molar-refractivity contribution in [3.8, 4) is 0 Å². The fourth-order valence-electron chi connectivity index (χ4n) is 2.84. The van der Waals surface area contributed by atoms with Crippen LogP contribution < -0.4 is 4.90 Å². The van der Waals surface area contributed by atoms with Crippen molar-refractivity contribution in [1.82, 2.24) is 20.2 Å². The number of hydrogen-bond acceptors (Lipinski definition) is 4. The Morgan fingerprint density at radius 3 is 3.06 bits per heavy atom. The number of aromatic nitrogens is 4. The van der Waals surface area contributed by atoms with Crippen LogP contribution in [0.3, 0.4) is 0 Å². The summed E-state index contributed by atoms with van der Waals surface area (Å²) >= 11 is 6.00. The second-order valence-electron chi connectivity index (χ2n) is 4.84. The summed E-state index contributed by atoms with van der Waals surface area (Å²) in [6.45, 7) is 4.45. The van der Waals surface area contributed by atoms with Gasteiger partial charge in [-0.3, -0.25) is 5.10 Å². The third kappa shape index (κ3) is 1.73. The maximum absolute atomic E-state index is 6.00. The molecule has 6 heteroatoms. The highest BCUT2D eigenvalue weighted by atomic mass is 35.5. The predicted octanol–water partition coefficient (Wildman–Crippen LogP) is 2.77. The van der Waals surface area contributed by atoms with Crippen molar-refractivity contribution < 1.29 is 0 Å². The molecule has 0 spiro atoms. The molecular weight excluding hydrogens is 250 g/mol. The van der Waals surface area contributed by atoms with Gasteiger partial charge in [0.1, 0.15) is 5.82 Å². The lowest BCUT2D eigenvalue weighted by Crippen LogP contribution is -2.35. The molecule has 0 amide bonds. The van der Waals surface area contributed by atoms with E-state index in [4.69, 9.17) is 11.6 Å². The molecule has 1 aliphatic rings. The molecule has 2 aromatic rings. The summed E-state index contributed by atoms with van der Waals surface area (Å²) in [6.07, 6.45) is 5.29. The van der Waals surface area contributed by atoms with E-state index >= 15 is 0 Å². The first-order chi connectivity index (χ1) is 8.70. The number of halogens is 1. The minimum atomic E-state index is 0.274. The van der Waals surface area contributed by atoms with Gasteiger partial charge in [-0.05, 0) is 37.8 Å². The molecule has 3 heterocycles. The number of nitrogens with one attached hydrogen (secondary N) is 1. The highest BCUT2D eigenvalue weighted by Crippen LogP contribution is 2.34. The van der Waals surface area contributed by atoms with Gasteiger partial charge in [0.15, 0.2) is 5.65 Å². The summed E-state index contributed by atoms with van der Waals surface area (Å²) in [5.41, 5.74) is 0.707. The number of anilines is 1. The van der Waals surface area contributed by atoms with Crippen LogP contribution in [0.25, 0.3) is 11.0 Å². The summed E-state index contributed by atoms with van der Waals surface area (Å²) in [5.74, 6) is 0.913. The highest BCUT2D eigenvalue weighted by molar-refractivity contribution is 6.28. The SMILES string of the molecule is CCC1CCC(C)N1c1nc(Cl)nc2[nH]ncc12. The highest BCUT2D eigenvalue weighted by Gasteiger charge is 2.32. The van der Waals surface area contributed by atoms with Gasteiger partial charge in [-0.25, -0.2) is 0 Å². The van der Waals surface area contributed by atoms with Crippen LogP contribution in [0.2, 0.25) is 5.28 Å². The lowest BCUT2D eigenvalue weighted by Gasteiger charge is -2.29. The smallest absolute Gasteiger partial charge is 0.226 e. The fraction of sp³-hybridized carbons (Fsp3) is 0.583. The third-order valence-electron chi connectivity index (χ3n) is 3.76. The number of hydrogen-bond donors (Lipinski definition) is 1. The predicted molar refractivity (Wildman–Crippen MR) is 71.9 cm³/mol. The number of aromatic amines is 1. The van der Waals surface area contributed by atoms with E-state index in [0.717, 1.165) is 17.6 Å². The van der Waals surface area contributed by atoms with E-state index in [1.165, 1.54) is 12.8 Å². The Kier molecular flexibility index (Phi) is 2.86. The maximum atomic E-state index is 6.00. The first kappa shape index (κ1) is 11.7. The molecule has 96 valence electrons. The van der Waals surface area contributed by atoms with Gasteiger partial charge in [-0.2, -0.15) is 15.1 Å². The molecule has 0 bridgehead atoms. The normalized spacial score (nSPS) is 24.1. The van der Waals surface area contributed by atoms with Crippen LogP contribution >= 0.6 is 11.6 Å². The van der Waals surface area contributed by atoms with Crippen LogP contribution in [0.4, 0.5) is 5.82 Å². The molecule has 18 heavy (non-hydrogen) atoms. The number of rotatable bonds is 2. The standard InChI is InChI=1S/C12H16ClN5/c1-3-8-5-4-7(2)18(8)11-9-6-14-17-10(9)15-12(13)16-11/h6-8H,3-5H2,1-2H3,(H,14,15,16,17). The second kappa shape index (κ2) is 4.39. The van der Waals surface area contributed by atoms with E-state index in [2.05, 4.69) is 38.9 Å². The maximum Gasteiger partial charge on any atom is 0.226 e. The average Bonchev–Trinajstić information content (AvgIpc) is 2.94. The monoisotopic (exact) mass is 265 g/mol. The Hall–Kier alpha value is -1.36. The van der Waals surface area contributed by atoms with Gasteiger partial charge in [-0.15, -0.1) is 0 Å². The van der Waals surface area contributed by atoms with Crippen LogP contribution in [0, 0.1) is 0 Å². The topological polar surface area (TPSA) is 57.7 Å². The zero-order valence-electron chi connectivity index (χ0n) is 10.5. The molecule has 0 aromatic carbocycles. The van der Waals surface area contributed by atoms with Crippen LogP contribution in [-0.2, 0) is 0 Å². The Morgan fingerprint density at radius 2 is 2.28 bits per heavy atom. The minimum Gasteiger partial charge on any atom is -0.350 e. The molecule has 1 fully saturated rings. The summed E-state index contributed by atoms with van der Waals surface area (Å²) < 4.78 is 0. The zero-order valence-corrected chi connectivity index (χ0v) is 11.3. The lowest BCUT2D eigenvalue weighted by molar-refractivity contribution is 0.623. The Labute approximate surface area is 111 Å². The van der Waals surface area contributed by atoms with Crippen LogP contribution in [0.15, 0.2) is 6.20 Å². The van der Waals surface area contributed by atoms with Crippen molar-refractivity contribution in [2.45, 2.75) is 45.2 Å². The van der Waals surface area contributed by atoms with Crippen molar-refractivity contribution in [2.24, 2.45) is 0 Å². The summed E-state index contributed by atoms with van der Waals surface area (Å²) in [7, 11) is 0. The first-order valence-corrected chi connectivity index (χ1v) is 6.73. The lowest BCUT2D eigenvalue weighted by atomic mass is 10.1. The molecule has 5 nitrogen and oxygen atoms in total. The Bertz CT molecular complexity index is 567. The van der Waals surface area contributed by atoms with E-state index in [9.17, 15) is 0 Å². The number of fused-ring (bicyclic) bond motifs is 1. The van der Waals surface area contributed by atoms with Gasteiger partial charge in [0.2, 0.25) is 5.28 Å². The fourth-order valence-corrected chi connectivity index (χ4v) is 3.01. The third-order valence-corrected chi connectivity index (χ3v) is 3.93. The van der Waals surface area contributed by atoms with Gasteiger partial charge in [0, 0.05) is 12.1 Å². The molecule has 2 unspecified atom stereocenters. The quantitative estimate of drug-likeness (QED) is 0.849. The Morgan fingerprint density at radius 1 is 1.44 bits per heavy atom. The van der Waals surface area contributed by atoms with Gasteiger partial charge in [-0.1, -0.05) is 6.92 Å². The van der Waals surface area contributed by atoms with Gasteiger partial charge in [0.05, 0.1) is 11.6 Å². The second-order valence-corrected chi connectivity index (χ2v) is 5.18. The summed E-state index contributed by atoms with van der Waals surface area (Å²) in [4.78, 5) is 10.9. The molecule has 2 atom stereocenters. The van der Waals surface area contributed by atoms with E-state index in [-0.39, 0.29) is 5.28 Å². The molecule has 0 saturated carbocycles. The number of H-pyrrole nitrogens is 1. The average molecular weight is 266 g/mol. The van der Waals surface area contributed by atoms with Gasteiger partial charge in [0.25, 0.3) is 0 Å². The molecule has 1 aliphatic heterocycles. The van der Waals surface area contributed by atoms with Crippen molar-refractivity contribution in [3.05, 3.63) is 11.5 Å². The Balaban J connectivity index is 2.15. The van der Waals surface area contributed by atoms with Gasteiger partial charge < -0.3 is 4.90 Å². The van der Waals surface area contributed by atoms with Gasteiger partial charge >= 0.3 is 0 Å². The van der Waals surface area contributed by atoms with E-state index in [1.54, 1.807) is 6.20 Å².